The number of carbonyl (C=O) groups excluding carboxylic acids is 14. The number of nitrogens with two attached hydrogens (primary N) is 3. The van der Waals surface area contributed by atoms with Gasteiger partial charge >= 0.3 is 5.97 Å². The minimum Gasteiger partial charge on any atom is -0.480 e. The van der Waals surface area contributed by atoms with Crippen LogP contribution in [0.1, 0.15) is 144 Å². The lowest BCUT2D eigenvalue weighted by molar-refractivity contribution is -0.142. The maximum atomic E-state index is 14.9. The van der Waals surface area contributed by atoms with Crippen molar-refractivity contribution >= 4 is 99.6 Å². The molecule has 42 heteroatoms. The molecular formula is C80H129N21O21. The number of benzene rings is 2. The Morgan fingerprint density at radius 2 is 0.902 bits per heavy atom. The van der Waals surface area contributed by atoms with Gasteiger partial charge in [-0.1, -0.05) is 134 Å². The van der Waals surface area contributed by atoms with E-state index in [1.54, 1.807) is 102 Å². The number of aliphatic carboxylic acids is 1. The van der Waals surface area contributed by atoms with Crippen LogP contribution in [0.4, 0.5) is 0 Å². The van der Waals surface area contributed by atoms with E-state index in [0.717, 1.165) is 25.7 Å². The van der Waals surface area contributed by atoms with Crippen LogP contribution in [-0.2, 0) is 99.0 Å². The molecule has 3 rings (SSSR count). The zero-order valence-corrected chi connectivity index (χ0v) is 71.0. The molecule has 122 heavy (non-hydrogen) atoms. The molecule has 0 aliphatic heterocycles. The summed E-state index contributed by atoms with van der Waals surface area (Å²) >= 11 is 0. The molecule has 0 unspecified atom stereocenters. The first-order chi connectivity index (χ1) is 58.3. The van der Waals surface area contributed by atoms with Crippen LogP contribution in [0.2, 0.25) is 0 Å². The zero-order chi connectivity index (χ0) is 90.6. The van der Waals surface area contributed by atoms with Crippen molar-refractivity contribution in [2.75, 3.05) is 92.1 Å². The van der Waals surface area contributed by atoms with Gasteiger partial charge in [0.25, 0.3) is 0 Å². The number of rotatable bonds is 63. The number of aromatic nitrogens is 1. The number of carboxylic acids is 1. The first-order valence-corrected chi connectivity index (χ1v) is 41.4. The second kappa shape index (κ2) is 58.9. The molecule has 0 fully saturated rings. The Morgan fingerprint density at radius 1 is 0.451 bits per heavy atom. The number of carboxylic acid groups (broad SMARTS) is 1. The van der Waals surface area contributed by atoms with E-state index in [1.165, 1.54) is 6.92 Å². The van der Waals surface area contributed by atoms with Crippen molar-refractivity contribution in [3.8, 4) is 0 Å². The number of unbranched alkanes of at least 4 members (excludes halogenated alkanes) is 4. The van der Waals surface area contributed by atoms with Crippen LogP contribution in [0.15, 0.2) is 65.9 Å². The molecule has 0 saturated heterocycles. The van der Waals surface area contributed by atoms with Gasteiger partial charge in [-0.2, -0.15) is 0 Å². The number of H-pyrrole nitrogens is 1. The molecule has 24 N–H and O–H groups in total. The maximum absolute atomic E-state index is 14.9. The number of ether oxygens (including phenoxy) is 3. The maximum Gasteiger partial charge on any atom is 0.325 e. The normalized spacial score (nSPS) is 14.4. The van der Waals surface area contributed by atoms with Gasteiger partial charge < -0.3 is 126 Å². The molecule has 1 heterocycles. The first kappa shape index (κ1) is 105. The number of nitrogens with one attached hydrogen (secondary N) is 15. The third kappa shape index (κ3) is 39.3. The summed E-state index contributed by atoms with van der Waals surface area (Å²) in [5.41, 5.74) is 27.7. The molecule has 42 nitrogen and oxygen atoms in total. The highest BCUT2D eigenvalue weighted by atomic mass is 16.5. The molecule has 680 valence electrons. The topological polar surface area (TPSA) is 655 Å². The molecule has 1 aromatic heterocycles. The number of hydrogen-bond donors (Lipinski definition) is 21. The summed E-state index contributed by atoms with van der Waals surface area (Å²) in [5, 5.41) is 70.1. The second-order valence-corrected chi connectivity index (χ2v) is 29.9. The summed E-state index contributed by atoms with van der Waals surface area (Å²) in [4.78, 5) is 213. The monoisotopic (exact) mass is 1720 g/mol. The number of carbonyl (C=O) groups is 15. The van der Waals surface area contributed by atoms with Crippen molar-refractivity contribution in [1.82, 2.24) is 79.4 Å². The van der Waals surface area contributed by atoms with Crippen LogP contribution in [0.3, 0.4) is 0 Å². The van der Waals surface area contributed by atoms with E-state index in [-0.39, 0.29) is 123 Å². The van der Waals surface area contributed by atoms with Crippen molar-refractivity contribution < 1.29 is 101 Å². The van der Waals surface area contributed by atoms with E-state index >= 15 is 0 Å². The highest BCUT2D eigenvalue weighted by Gasteiger charge is 2.39. The molecule has 0 aliphatic rings. The Hall–Kier alpha value is -11.0. The van der Waals surface area contributed by atoms with E-state index in [4.69, 9.17) is 36.9 Å². The van der Waals surface area contributed by atoms with Gasteiger partial charge in [-0.25, -0.2) is 0 Å². The van der Waals surface area contributed by atoms with E-state index in [9.17, 15) is 87.2 Å². The Morgan fingerprint density at radius 3 is 1.45 bits per heavy atom. The minimum absolute atomic E-state index is 0.00268. The van der Waals surface area contributed by atoms with Gasteiger partial charge in [-0.05, 0) is 99.1 Å². The van der Waals surface area contributed by atoms with E-state index in [0.29, 0.717) is 34.9 Å². The molecular weight excluding hydrogens is 1590 g/mol. The van der Waals surface area contributed by atoms with Crippen molar-refractivity contribution in [2.45, 2.75) is 218 Å². The highest BCUT2D eigenvalue weighted by Crippen LogP contribution is 2.21. The first-order valence-electron chi connectivity index (χ1n) is 41.4. The average molecular weight is 1720 g/mol. The van der Waals surface area contributed by atoms with Crippen molar-refractivity contribution in [3.05, 3.63) is 82.4 Å². The van der Waals surface area contributed by atoms with Gasteiger partial charge in [0.05, 0.1) is 59.4 Å². The number of amides is 14. The molecule has 13 atom stereocenters. The Kier molecular flexibility index (Phi) is 50.8. The molecule has 3 aromatic rings. The summed E-state index contributed by atoms with van der Waals surface area (Å²) in [7, 11) is 0. The molecule has 0 saturated carbocycles. The summed E-state index contributed by atoms with van der Waals surface area (Å²) in [6.45, 7) is 11.0. The van der Waals surface area contributed by atoms with Gasteiger partial charge in [0, 0.05) is 60.8 Å². The van der Waals surface area contributed by atoms with Crippen LogP contribution in [0.25, 0.3) is 21.3 Å². The van der Waals surface area contributed by atoms with Crippen LogP contribution in [0.5, 0.6) is 0 Å². The number of azide groups is 1. The molecule has 2 aromatic carbocycles. The minimum atomic E-state index is -1.88. The number of hydrogen-bond acceptors (Lipinski definition) is 24. The highest BCUT2D eigenvalue weighted by molar-refractivity contribution is 6.00. The summed E-state index contributed by atoms with van der Waals surface area (Å²) in [5.74, 6) is -15.5. The lowest BCUT2D eigenvalue weighted by atomic mass is 9.96. The Labute approximate surface area is 709 Å². The summed E-state index contributed by atoms with van der Waals surface area (Å²) in [6, 6.07) is -2.91. The van der Waals surface area contributed by atoms with E-state index in [2.05, 4.69) is 96.4 Å². The van der Waals surface area contributed by atoms with Crippen molar-refractivity contribution in [3.63, 3.8) is 0 Å². The van der Waals surface area contributed by atoms with Crippen LogP contribution in [-0.4, -0.2) is 274 Å². The van der Waals surface area contributed by atoms with Gasteiger partial charge in [0.1, 0.15) is 72.5 Å². The quantitative estimate of drug-likeness (QED) is 0.0116. The molecule has 0 aliphatic carbocycles. The predicted octanol–water partition coefficient (Wildman–Crippen LogP) is -3.00. The van der Waals surface area contributed by atoms with Crippen LogP contribution >= 0.6 is 0 Å². The summed E-state index contributed by atoms with van der Waals surface area (Å²) in [6.07, 6.45) is 4.49. The average Bonchev–Trinajstić information content (AvgIpc) is 1.64. The smallest absolute Gasteiger partial charge is 0.325 e. The SMILES string of the molecule is CCCCCCCC(=O)N[C@@H](C(=O)N[C@H](CCN)C(=O)NCC(=O)N[C@H](CO)C(=O)N[C@H](Cc1c[nH]c2ccccc12)C(=O)N[C@@H](CO)C(=O)N[C@@H](CCN)C(=O)N[C@H](CCN)C(=O)N[C@@H](Cc1ccccc1)C(=O)N[C@@H](CCC(=O)NCCOCCOCCOCCN=[N+]=[N-])C(=O)N[C@H](C(=O)N[C@@H](C(=O)N[C@@H](C)C(=O)O)[C@@H](C)CC)C(C)C)C(C)C. The zero-order valence-electron chi connectivity index (χ0n) is 71.0. The lowest BCUT2D eigenvalue weighted by Crippen LogP contribution is -2.62. The van der Waals surface area contributed by atoms with Crippen molar-refractivity contribution in [1.29, 1.82) is 0 Å². The number of para-hydroxylation sites is 1. The third-order valence-electron chi connectivity index (χ3n) is 19.5. The molecule has 0 bridgehead atoms. The Bertz CT molecular complexity index is 3870. The van der Waals surface area contributed by atoms with E-state index < -0.39 is 200 Å². The van der Waals surface area contributed by atoms with Gasteiger partial charge in [-0.3, -0.25) is 71.9 Å². The fourth-order valence-electron chi connectivity index (χ4n) is 12.3. The number of aliphatic hydroxyl groups is 2. The van der Waals surface area contributed by atoms with Gasteiger partial charge in [0.2, 0.25) is 82.7 Å². The van der Waals surface area contributed by atoms with Crippen molar-refractivity contribution in [2.24, 2.45) is 40.1 Å². The fraction of sp³-hybridized carbons (Fsp3) is 0.637. The molecule has 14 amide bonds. The van der Waals surface area contributed by atoms with Crippen LogP contribution in [0, 0.1) is 17.8 Å². The summed E-state index contributed by atoms with van der Waals surface area (Å²) < 4.78 is 16.3. The second-order valence-electron chi connectivity index (χ2n) is 29.9. The van der Waals surface area contributed by atoms with Gasteiger partial charge in [0.15, 0.2) is 0 Å². The largest absolute Gasteiger partial charge is 0.480 e. The number of aromatic amines is 1. The van der Waals surface area contributed by atoms with Crippen LogP contribution < -0.4 is 91.6 Å². The van der Waals surface area contributed by atoms with E-state index in [1.807, 2.05) is 0 Å². The number of fused-ring (bicyclic) bond motifs is 1. The fourth-order valence-corrected chi connectivity index (χ4v) is 12.3. The Balaban J connectivity index is 1.90. The predicted molar refractivity (Wildman–Crippen MR) is 448 cm³/mol. The number of aliphatic hydroxyl groups excluding tert-OH is 2. The standard InChI is InChI=1S/C80H129N21O21/c1-9-11-12-13-17-24-64(105)98-66(47(3)4)77(115)94-56(27-30-81)69(107)87-44-65(106)90-61(45-102)75(113)96-60(42-52-43-86-54-23-19-18-22-53(52)54)74(112)97-62(46-103)76(114)93-57(28-31-82)70(108)92-58(29-32-83)71(109)95-59(41-51-20-15-14-16-21-51)73(111)91-55(25-26-63(104)85-33-35-120-37-39-122-40-38-121-36-34-88-101-84)72(110)99-67(48(5)6)78(116)100-68(49(7)10-2)79(117)89-50(8)80(118)119/h14-16,18-23,43,47-50,55-62,66-68,86,102-103H,9-13,17,24-42,44-46,81-83H2,1-8H3,(H,85,104)(H,87,107)(H,89,117)(H,90,106)(H,91,111)(H,92,108)(H,93,114)(H,94,115)(H,95,109)(H,96,113)(H,97,112)(H,98,105)(H,99,110)(H,100,116)(H,118,119)/t49-,50-,55-,56+,57-,58+,59-,60+,61+,62-,66+,67-,68+/m0/s1. The number of nitrogens with zero attached hydrogens (tertiary/aromatic N) is 3. The molecule has 0 spiro atoms. The third-order valence-corrected chi connectivity index (χ3v) is 19.5. The molecule has 0 radical (unpaired) electrons. The van der Waals surface area contributed by atoms with Gasteiger partial charge in [-0.15, -0.1) is 0 Å². The lowest BCUT2D eigenvalue weighted by Gasteiger charge is -2.30.